The molecule has 0 aromatic heterocycles. The highest BCUT2D eigenvalue weighted by atomic mass is 31.2. The third-order valence-electron chi connectivity index (χ3n) is 1.59. The second-order valence-corrected chi connectivity index (χ2v) is 7.16. The Bertz CT molecular complexity index is 281. The maximum absolute atomic E-state index is 5.56. The smallest absolute Gasteiger partial charge is 0.0314 e. The second kappa shape index (κ2) is 2.75. The third kappa shape index (κ3) is 2.13. The molecule has 0 aliphatic carbocycles. The molecule has 0 spiro atoms. The first kappa shape index (κ1) is 8.42. The summed E-state index contributed by atoms with van der Waals surface area (Å²) in [5.74, 6) is 0. The Hall–Kier alpha value is -0.680. The average molecular weight is 167 g/mol. The normalized spacial score (nSPS) is 11.5. The van der Waals surface area contributed by atoms with Gasteiger partial charge in [0.15, 0.2) is 0 Å². The highest BCUT2D eigenvalue weighted by Crippen LogP contribution is 2.33. The van der Waals surface area contributed by atoms with Crippen LogP contribution in [-0.4, -0.2) is 19.6 Å². The SMILES string of the molecule is C=P(C)(C)c1ccc(N)cc1. The van der Waals surface area contributed by atoms with Crippen LogP contribution in [0.4, 0.5) is 5.69 Å². The highest BCUT2D eigenvalue weighted by Gasteiger charge is 2.01. The fraction of sp³-hybridized carbons (Fsp3) is 0.222. The molecule has 2 N–H and O–H groups in total. The predicted molar refractivity (Wildman–Crippen MR) is 56.4 cm³/mol. The van der Waals surface area contributed by atoms with Gasteiger partial charge < -0.3 is 5.73 Å². The van der Waals surface area contributed by atoms with Crippen LogP contribution in [0.1, 0.15) is 0 Å². The van der Waals surface area contributed by atoms with E-state index < -0.39 is 6.89 Å². The minimum Gasteiger partial charge on any atom is -0.399 e. The van der Waals surface area contributed by atoms with Gasteiger partial charge in [0, 0.05) is 5.69 Å². The Morgan fingerprint density at radius 2 is 1.64 bits per heavy atom. The van der Waals surface area contributed by atoms with E-state index >= 15 is 0 Å². The summed E-state index contributed by atoms with van der Waals surface area (Å²) in [4.78, 5) is 0. The van der Waals surface area contributed by atoms with E-state index in [2.05, 4.69) is 31.8 Å². The fourth-order valence-electron chi connectivity index (χ4n) is 0.878. The van der Waals surface area contributed by atoms with Crippen molar-refractivity contribution in [1.82, 2.24) is 0 Å². The molecule has 0 aliphatic heterocycles. The summed E-state index contributed by atoms with van der Waals surface area (Å²) in [6, 6.07) is 8.00. The summed E-state index contributed by atoms with van der Waals surface area (Å²) < 4.78 is 0. The Labute approximate surface area is 68.2 Å². The predicted octanol–water partition coefficient (Wildman–Crippen LogP) is 1.60. The van der Waals surface area contributed by atoms with Crippen molar-refractivity contribution < 1.29 is 0 Å². The Morgan fingerprint density at radius 3 is 2.00 bits per heavy atom. The van der Waals surface area contributed by atoms with Gasteiger partial charge in [-0.2, -0.15) is 0 Å². The molecule has 0 amide bonds. The van der Waals surface area contributed by atoms with Crippen molar-refractivity contribution in [1.29, 1.82) is 0 Å². The lowest BCUT2D eigenvalue weighted by Gasteiger charge is -2.12. The zero-order valence-corrected chi connectivity index (χ0v) is 7.94. The lowest BCUT2D eigenvalue weighted by Crippen LogP contribution is -2.02. The minimum absolute atomic E-state index is 0.821. The van der Waals surface area contributed by atoms with Crippen LogP contribution in [0.25, 0.3) is 0 Å². The molecule has 0 heterocycles. The van der Waals surface area contributed by atoms with Crippen LogP contribution >= 0.6 is 6.89 Å². The van der Waals surface area contributed by atoms with Crippen molar-refractivity contribution in [2.24, 2.45) is 0 Å². The van der Waals surface area contributed by atoms with Gasteiger partial charge in [0.05, 0.1) is 0 Å². The van der Waals surface area contributed by atoms with Crippen molar-refractivity contribution in [2.45, 2.75) is 0 Å². The van der Waals surface area contributed by atoms with E-state index in [1.54, 1.807) is 0 Å². The molecule has 1 rings (SSSR count). The van der Waals surface area contributed by atoms with Gasteiger partial charge in [0.25, 0.3) is 0 Å². The van der Waals surface area contributed by atoms with E-state index in [0.29, 0.717) is 0 Å². The van der Waals surface area contributed by atoms with E-state index in [1.165, 1.54) is 5.30 Å². The van der Waals surface area contributed by atoms with Gasteiger partial charge in [-0.3, -0.25) is 0 Å². The first-order valence-electron chi connectivity index (χ1n) is 3.54. The largest absolute Gasteiger partial charge is 0.399 e. The molecule has 2 heteroatoms. The summed E-state index contributed by atoms with van der Waals surface area (Å²) in [5, 5.41) is 1.33. The fourth-order valence-corrected chi connectivity index (χ4v) is 1.83. The van der Waals surface area contributed by atoms with Crippen LogP contribution in [0.15, 0.2) is 24.3 Å². The lowest BCUT2D eigenvalue weighted by atomic mass is 10.3. The van der Waals surface area contributed by atoms with Crippen LogP contribution in [0.5, 0.6) is 0 Å². The number of hydrogen-bond acceptors (Lipinski definition) is 1. The maximum Gasteiger partial charge on any atom is 0.0314 e. The van der Waals surface area contributed by atoms with Crippen molar-refractivity contribution in [2.75, 3.05) is 19.1 Å². The zero-order valence-electron chi connectivity index (χ0n) is 7.04. The molecule has 0 radical (unpaired) electrons. The molecule has 60 valence electrons. The second-order valence-electron chi connectivity index (χ2n) is 3.28. The van der Waals surface area contributed by atoms with Crippen LogP contribution in [-0.2, 0) is 0 Å². The third-order valence-corrected chi connectivity index (χ3v) is 3.29. The van der Waals surface area contributed by atoms with Gasteiger partial charge in [-0.1, -0.05) is 25.3 Å². The molecule has 0 saturated heterocycles. The molecule has 0 atom stereocenters. The van der Waals surface area contributed by atoms with Crippen molar-refractivity contribution in [3.8, 4) is 0 Å². The first-order chi connectivity index (χ1) is 5.00. The van der Waals surface area contributed by atoms with Gasteiger partial charge in [-0.05, 0) is 30.8 Å². The number of anilines is 1. The molecule has 0 unspecified atom stereocenters. The Morgan fingerprint density at radius 1 is 1.18 bits per heavy atom. The van der Waals surface area contributed by atoms with E-state index in [9.17, 15) is 0 Å². The molecule has 1 nitrogen and oxygen atoms in total. The van der Waals surface area contributed by atoms with Gasteiger partial charge in [0.2, 0.25) is 0 Å². The monoisotopic (exact) mass is 167 g/mol. The summed E-state index contributed by atoms with van der Waals surface area (Å²) in [7, 11) is 0. The molecule has 11 heavy (non-hydrogen) atoms. The number of benzene rings is 1. The number of hydrogen-bond donors (Lipinski definition) is 1. The van der Waals surface area contributed by atoms with Crippen molar-refractivity contribution >= 4 is 24.2 Å². The standard InChI is InChI=1S/C9H14NP/c1-11(2,3)9-6-4-8(10)5-7-9/h4-7H,1,10H2,2-3H3. The number of nitrogen functional groups attached to an aromatic ring is 1. The van der Waals surface area contributed by atoms with Gasteiger partial charge in [0.1, 0.15) is 0 Å². The average Bonchev–Trinajstić information content (AvgIpc) is 1.86. The molecule has 0 aliphatic rings. The van der Waals surface area contributed by atoms with Crippen LogP contribution in [0.3, 0.4) is 0 Å². The summed E-state index contributed by atoms with van der Waals surface area (Å²) >= 11 is 0. The number of rotatable bonds is 1. The van der Waals surface area contributed by atoms with Gasteiger partial charge in [-0.25, -0.2) is 0 Å². The molecule has 0 fully saturated rings. The topological polar surface area (TPSA) is 26.0 Å². The maximum atomic E-state index is 5.56. The molecule has 1 aromatic carbocycles. The molecular weight excluding hydrogens is 153 g/mol. The van der Waals surface area contributed by atoms with Crippen LogP contribution in [0, 0.1) is 0 Å². The van der Waals surface area contributed by atoms with Crippen molar-refractivity contribution in [3.05, 3.63) is 24.3 Å². The van der Waals surface area contributed by atoms with E-state index in [1.807, 2.05) is 12.1 Å². The van der Waals surface area contributed by atoms with Crippen molar-refractivity contribution in [3.63, 3.8) is 0 Å². The van der Waals surface area contributed by atoms with Gasteiger partial charge in [-0.15, -0.1) is 0 Å². The highest BCUT2D eigenvalue weighted by molar-refractivity contribution is 7.79. The van der Waals surface area contributed by atoms with E-state index in [0.717, 1.165) is 5.69 Å². The van der Waals surface area contributed by atoms with E-state index in [4.69, 9.17) is 5.73 Å². The molecule has 0 bridgehead atoms. The number of nitrogens with two attached hydrogens (primary N) is 1. The summed E-state index contributed by atoms with van der Waals surface area (Å²) in [6.07, 6.45) is 4.14. The molecular formula is C9H14NP. The van der Waals surface area contributed by atoms with Crippen LogP contribution < -0.4 is 11.0 Å². The molecule has 1 aromatic rings. The zero-order chi connectivity index (χ0) is 8.48. The summed E-state index contributed by atoms with van der Waals surface area (Å²) in [6.45, 7) is 3.29. The van der Waals surface area contributed by atoms with E-state index in [-0.39, 0.29) is 0 Å². The lowest BCUT2D eigenvalue weighted by molar-refractivity contribution is 1.73. The summed E-state index contributed by atoms with van der Waals surface area (Å²) in [5.41, 5.74) is 6.38. The van der Waals surface area contributed by atoms with Gasteiger partial charge >= 0.3 is 0 Å². The minimum atomic E-state index is -1.09. The molecule has 0 saturated carbocycles. The first-order valence-corrected chi connectivity index (χ1v) is 6.41. The van der Waals surface area contributed by atoms with Crippen LogP contribution in [0.2, 0.25) is 0 Å². The Kier molecular flexibility index (Phi) is 2.10. The quantitative estimate of drug-likeness (QED) is 0.499. The Balaban J connectivity index is 3.09.